The molecule has 0 spiro atoms. The van der Waals surface area contributed by atoms with Crippen molar-refractivity contribution in [1.29, 1.82) is 0 Å². The number of carbonyl (C=O) groups is 1. The summed E-state index contributed by atoms with van der Waals surface area (Å²) in [6, 6.07) is 9.63. The van der Waals surface area contributed by atoms with Gasteiger partial charge in [0.15, 0.2) is 10.9 Å². The first-order chi connectivity index (χ1) is 13.5. The fourth-order valence-corrected chi connectivity index (χ4v) is 4.03. The standard InChI is InChI=1S/C22H24N2O3S/c1-3-9-18-20(25)19(28-21-23-13-14-24(21)2)16-22(18,26)12-7-8-15-27-17-10-5-4-6-11-17/h3-6,9-11,13-14,16,26H,1,7-8,12,15H2,2H3/b18-9-. The van der Waals surface area contributed by atoms with E-state index in [1.54, 1.807) is 24.4 Å². The summed E-state index contributed by atoms with van der Waals surface area (Å²) in [5.41, 5.74) is -0.922. The molecule has 0 fully saturated rings. The van der Waals surface area contributed by atoms with Crippen LogP contribution in [0.2, 0.25) is 0 Å². The monoisotopic (exact) mass is 396 g/mol. The molecular weight excluding hydrogens is 372 g/mol. The van der Waals surface area contributed by atoms with Gasteiger partial charge in [-0.2, -0.15) is 0 Å². The third-order valence-corrected chi connectivity index (χ3v) is 5.63. The molecule has 5 nitrogen and oxygen atoms in total. The van der Waals surface area contributed by atoms with Crippen LogP contribution in [0.5, 0.6) is 5.75 Å². The Hall–Kier alpha value is -2.57. The van der Waals surface area contributed by atoms with Crippen molar-refractivity contribution in [2.45, 2.75) is 30.0 Å². The number of unbranched alkanes of at least 4 members (excludes halogenated alkanes) is 1. The number of aromatic nitrogens is 2. The lowest BCUT2D eigenvalue weighted by molar-refractivity contribution is -0.112. The van der Waals surface area contributed by atoms with E-state index < -0.39 is 5.60 Å². The highest BCUT2D eigenvalue weighted by atomic mass is 32.2. The predicted octanol–water partition coefficient (Wildman–Crippen LogP) is 4.07. The normalized spacial score (nSPS) is 20.4. The molecule has 0 saturated carbocycles. The maximum atomic E-state index is 12.8. The minimum Gasteiger partial charge on any atom is -0.494 e. The molecule has 1 heterocycles. The number of hydrogen-bond donors (Lipinski definition) is 1. The average Bonchev–Trinajstić information content (AvgIpc) is 3.19. The Balaban J connectivity index is 1.62. The fourth-order valence-electron chi connectivity index (χ4n) is 3.06. The van der Waals surface area contributed by atoms with Crippen molar-refractivity contribution in [2.24, 2.45) is 7.05 Å². The van der Waals surface area contributed by atoms with Crippen molar-refractivity contribution in [3.63, 3.8) is 0 Å². The summed E-state index contributed by atoms with van der Waals surface area (Å²) in [6.45, 7) is 4.24. The van der Waals surface area contributed by atoms with Crippen molar-refractivity contribution in [3.05, 3.63) is 78.0 Å². The van der Waals surface area contributed by atoms with Gasteiger partial charge in [0.1, 0.15) is 11.4 Å². The number of benzene rings is 1. The number of Topliss-reactive ketones (excluding diaryl/α,β-unsaturated/α-hetero) is 1. The number of allylic oxidation sites excluding steroid dienone is 3. The van der Waals surface area contributed by atoms with Crippen LogP contribution in [0.3, 0.4) is 0 Å². The van der Waals surface area contributed by atoms with Gasteiger partial charge in [-0.15, -0.1) is 0 Å². The van der Waals surface area contributed by atoms with Gasteiger partial charge < -0.3 is 14.4 Å². The van der Waals surface area contributed by atoms with Gasteiger partial charge in [-0.1, -0.05) is 36.9 Å². The molecule has 2 aromatic rings. The maximum absolute atomic E-state index is 12.8. The number of hydrogen-bond acceptors (Lipinski definition) is 5. The number of aryl methyl sites for hydroxylation is 1. The molecule has 0 aliphatic heterocycles. The van der Waals surface area contributed by atoms with E-state index in [1.165, 1.54) is 11.8 Å². The molecule has 3 rings (SSSR count). The van der Waals surface area contributed by atoms with E-state index in [9.17, 15) is 9.90 Å². The lowest BCUT2D eigenvalue weighted by Crippen LogP contribution is -2.28. The molecule has 0 amide bonds. The molecule has 0 saturated heterocycles. The van der Waals surface area contributed by atoms with Crippen LogP contribution in [0, 0.1) is 0 Å². The molecule has 6 heteroatoms. The van der Waals surface area contributed by atoms with Crippen LogP contribution in [-0.4, -0.2) is 32.6 Å². The van der Waals surface area contributed by atoms with Crippen molar-refractivity contribution in [3.8, 4) is 5.75 Å². The highest BCUT2D eigenvalue weighted by Gasteiger charge is 2.41. The summed E-state index contributed by atoms with van der Waals surface area (Å²) < 4.78 is 7.53. The second kappa shape index (κ2) is 9.08. The summed E-state index contributed by atoms with van der Waals surface area (Å²) in [5.74, 6) is 0.661. The lowest BCUT2D eigenvalue weighted by atomic mass is 9.90. The van der Waals surface area contributed by atoms with Crippen molar-refractivity contribution < 1.29 is 14.6 Å². The molecule has 0 radical (unpaired) electrons. The summed E-state index contributed by atoms with van der Waals surface area (Å²) in [7, 11) is 1.87. The van der Waals surface area contributed by atoms with Crippen LogP contribution in [0.4, 0.5) is 0 Å². The SMILES string of the molecule is C=C/C=C1/C(=O)C(Sc2nccn2C)=CC1(O)CCCCOc1ccccc1. The summed E-state index contributed by atoms with van der Waals surface area (Å²) in [5, 5.41) is 11.8. The van der Waals surface area contributed by atoms with Gasteiger partial charge in [-0.05, 0) is 49.2 Å². The van der Waals surface area contributed by atoms with E-state index >= 15 is 0 Å². The molecule has 1 aromatic carbocycles. The highest BCUT2D eigenvalue weighted by Crippen LogP contribution is 2.41. The third kappa shape index (κ3) is 4.64. The average molecular weight is 397 g/mol. The first-order valence-corrected chi connectivity index (χ1v) is 10.0. The first-order valence-electron chi connectivity index (χ1n) is 9.19. The zero-order valence-electron chi connectivity index (χ0n) is 15.9. The second-order valence-corrected chi connectivity index (χ2v) is 7.63. The van der Waals surface area contributed by atoms with Gasteiger partial charge in [0.2, 0.25) is 0 Å². The minimum atomic E-state index is -1.29. The Morgan fingerprint density at radius 3 is 2.79 bits per heavy atom. The molecule has 1 N–H and O–H groups in total. The Bertz CT molecular complexity index is 902. The van der Waals surface area contributed by atoms with Gasteiger partial charge >= 0.3 is 0 Å². The number of thioether (sulfide) groups is 1. The van der Waals surface area contributed by atoms with Crippen LogP contribution in [0.15, 0.2) is 83.2 Å². The van der Waals surface area contributed by atoms with Crippen LogP contribution < -0.4 is 4.74 Å². The molecule has 1 atom stereocenters. The fraction of sp³-hybridized carbons (Fsp3) is 0.273. The lowest BCUT2D eigenvalue weighted by Gasteiger charge is -2.22. The van der Waals surface area contributed by atoms with E-state index in [2.05, 4.69) is 11.6 Å². The number of carbonyl (C=O) groups excluding carboxylic acids is 1. The van der Waals surface area contributed by atoms with Crippen molar-refractivity contribution >= 4 is 17.5 Å². The Labute approximate surface area is 169 Å². The molecule has 1 aliphatic rings. The summed E-state index contributed by atoms with van der Waals surface area (Å²) >= 11 is 1.27. The second-order valence-electron chi connectivity index (χ2n) is 6.62. The number of imidazole rings is 1. The molecule has 1 unspecified atom stereocenters. The van der Waals surface area contributed by atoms with Crippen molar-refractivity contribution in [1.82, 2.24) is 9.55 Å². The smallest absolute Gasteiger partial charge is 0.198 e. The summed E-state index contributed by atoms with van der Waals surface area (Å²) in [6.07, 6.45) is 10.3. The molecule has 1 aromatic heterocycles. The van der Waals surface area contributed by atoms with Crippen molar-refractivity contribution in [2.75, 3.05) is 6.61 Å². The van der Waals surface area contributed by atoms with E-state index in [0.717, 1.165) is 18.6 Å². The zero-order chi connectivity index (χ0) is 20.0. The van der Waals surface area contributed by atoms with E-state index in [4.69, 9.17) is 4.74 Å². The maximum Gasteiger partial charge on any atom is 0.198 e. The van der Waals surface area contributed by atoms with Crippen LogP contribution in [0.1, 0.15) is 19.3 Å². The largest absolute Gasteiger partial charge is 0.494 e. The number of ketones is 1. The Kier molecular flexibility index (Phi) is 6.54. The van der Waals surface area contributed by atoms with Crippen LogP contribution >= 0.6 is 11.8 Å². The van der Waals surface area contributed by atoms with Gasteiger partial charge in [0.25, 0.3) is 0 Å². The number of rotatable bonds is 9. The number of nitrogens with zero attached hydrogens (tertiary/aromatic N) is 2. The van der Waals surface area contributed by atoms with Gasteiger partial charge in [-0.25, -0.2) is 4.98 Å². The molecule has 1 aliphatic carbocycles. The van der Waals surface area contributed by atoms with Crippen LogP contribution in [-0.2, 0) is 11.8 Å². The Morgan fingerprint density at radius 2 is 2.11 bits per heavy atom. The van der Waals surface area contributed by atoms with E-state index in [1.807, 2.05) is 48.1 Å². The van der Waals surface area contributed by atoms with Gasteiger partial charge in [0, 0.05) is 25.0 Å². The highest BCUT2D eigenvalue weighted by molar-refractivity contribution is 8.03. The van der Waals surface area contributed by atoms with E-state index in [0.29, 0.717) is 28.7 Å². The minimum absolute atomic E-state index is 0.170. The topological polar surface area (TPSA) is 64.4 Å². The molecular formula is C22H24N2O3S. The molecule has 146 valence electrons. The first kappa shape index (κ1) is 20.2. The quantitative estimate of drug-likeness (QED) is 0.511. The zero-order valence-corrected chi connectivity index (χ0v) is 16.7. The third-order valence-electron chi connectivity index (χ3n) is 4.53. The summed E-state index contributed by atoms with van der Waals surface area (Å²) in [4.78, 5) is 17.5. The number of aliphatic hydroxyl groups is 1. The van der Waals surface area contributed by atoms with Crippen LogP contribution in [0.25, 0.3) is 0 Å². The number of ether oxygens (including phenoxy) is 1. The Morgan fingerprint density at radius 1 is 1.32 bits per heavy atom. The predicted molar refractivity (Wildman–Crippen MR) is 111 cm³/mol. The number of para-hydroxylation sites is 1. The van der Waals surface area contributed by atoms with E-state index in [-0.39, 0.29) is 5.78 Å². The van der Waals surface area contributed by atoms with Gasteiger partial charge in [-0.3, -0.25) is 4.79 Å². The molecule has 0 bridgehead atoms. The van der Waals surface area contributed by atoms with Gasteiger partial charge in [0.05, 0.1) is 11.5 Å². The molecule has 28 heavy (non-hydrogen) atoms.